The van der Waals surface area contributed by atoms with Crippen LogP contribution in [0.25, 0.3) is 11.5 Å². The van der Waals surface area contributed by atoms with Crippen molar-refractivity contribution in [1.82, 2.24) is 20.0 Å². The third kappa shape index (κ3) is 2.82. The van der Waals surface area contributed by atoms with Gasteiger partial charge in [0.25, 0.3) is 5.89 Å². The number of piperazine rings is 1. The van der Waals surface area contributed by atoms with Gasteiger partial charge >= 0.3 is 0 Å². The summed E-state index contributed by atoms with van der Waals surface area (Å²) in [6, 6.07) is 4.85. The molecule has 3 fully saturated rings. The molecule has 2 bridgehead atoms. The van der Waals surface area contributed by atoms with Gasteiger partial charge in [0.05, 0.1) is 0 Å². The molecule has 2 aliphatic carbocycles. The van der Waals surface area contributed by atoms with E-state index in [0.717, 1.165) is 55.4 Å². The molecular formula is C19H25N5O. The molecule has 0 spiro atoms. The van der Waals surface area contributed by atoms with Gasteiger partial charge in [-0.3, -0.25) is 4.90 Å². The van der Waals surface area contributed by atoms with Crippen LogP contribution in [0.3, 0.4) is 0 Å². The quantitative estimate of drug-likeness (QED) is 0.857. The van der Waals surface area contributed by atoms with Gasteiger partial charge in [-0.25, -0.2) is 4.98 Å². The van der Waals surface area contributed by atoms with E-state index < -0.39 is 0 Å². The molecule has 2 aromatic rings. The van der Waals surface area contributed by atoms with Crippen molar-refractivity contribution in [3.05, 3.63) is 24.2 Å². The number of hydrogen-bond donors (Lipinski definition) is 0. The molecule has 3 aliphatic rings. The molecular weight excluding hydrogens is 314 g/mol. The van der Waals surface area contributed by atoms with Crippen LogP contribution in [0.4, 0.5) is 5.82 Å². The van der Waals surface area contributed by atoms with Crippen LogP contribution < -0.4 is 4.90 Å². The van der Waals surface area contributed by atoms with Crippen LogP contribution in [0.2, 0.25) is 0 Å². The lowest BCUT2D eigenvalue weighted by Gasteiger charge is -2.41. The van der Waals surface area contributed by atoms with Crippen molar-refractivity contribution in [2.45, 2.75) is 38.6 Å². The third-order valence-electron chi connectivity index (χ3n) is 6.33. The molecule has 0 radical (unpaired) electrons. The first kappa shape index (κ1) is 15.3. The molecule has 25 heavy (non-hydrogen) atoms. The van der Waals surface area contributed by atoms with Crippen molar-refractivity contribution < 1.29 is 4.52 Å². The minimum Gasteiger partial charge on any atom is -0.354 e. The summed E-state index contributed by atoms with van der Waals surface area (Å²) in [5.41, 5.74) is 0.945. The Hall–Kier alpha value is -1.95. The van der Waals surface area contributed by atoms with Crippen LogP contribution in [-0.4, -0.2) is 52.2 Å². The Morgan fingerprint density at radius 3 is 2.68 bits per heavy atom. The highest BCUT2D eigenvalue weighted by Gasteiger charge is 2.42. The molecule has 6 nitrogen and oxygen atoms in total. The number of nitrogens with zero attached hydrogens (tertiary/aromatic N) is 5. The standard InChI is InChI=1S/C19H25N5O/c1-13-21-19(25-22-13)16-4-5-20-18(12-16)24-8-6-23(7-9-24)17-11-14-2-3-15(17)10-14/h4-5,12,14-15,17H,2-3,6-11H2,1H3. The molecule has 1 aliphatic heterocycles. The molecule has 3 unspecified atom stereocenters. The van der Waals surface area contributed by atoms with E-state index in [2.05, 4.69) is 31.0 Å². The number of aromatic nitrogens is 3. The lowest BCUT2D eigenvalue weighted by atomic mass is 9.93. The zero-order chi connectivity index (χ0) is 16.8. The Kier molecular flexibility index (Phi) is 3.73. The minimum atomic E-state index is 0.571. The van der Waals surface area contributed by atoms with Crippen LogP contribution in [0.1, 0.15) is 31.5 Å². The van der Waals surface area contributed by atoms with Gasteiger partial charge in [0.15, 0.2) is 5.82 Å². The van der Waals surface area contributed by atoms with Gasteiger partial charge in [0, 0.05) is 44.0 Å². The Morgan fingerprint density at radius 1 is 1.12 bits per heavy atom. The second-order valence-corrected chi connectivity index (χ2v) is 7.81. The molecule has 132 valence electrons. The van der Waals surface area contributed by atoms with E-state index in [9.17, 15) is 0 Å². The van der Waals surface area contributed by atoms with Crippen LogP contribution in [0.15, 0.2) is 22.9 Å². The van der Waals surface area contributed by atoms with Gasteiger partial charge in [-0.05, 0) is 50.2 Å². The highest BCUT2D eigenvalue weighted by atomic mass is 16.5. The van der Waals surface area contributed by atoms with Crippen molar-refractivity contribution in [1.29, 1.82) is 0 Å². The average Bonchev–Trinajstić information content (AvgIpc) is 3.39. The van der Waals surface area contributed by atoms with Crippen molar-refractivity contribution in [3.63, 3.8) is 0 Å². The Balaban J connectivity index is 1.26. The first-order valence-corrected chi connectivity index (χ1v) is 9.52. The Bertz CT molecular complexity index is 752. The van der Waals surface area contributed by atoms with Gasteiger partial charge in [0.1, 0.15) is 5.82 Å². The molecule has 0 aromatic carbocycles. The number of aryl methyl sites for hydroxylation is 1. The molecule has 3 heterocycles. The van der Waals surface area contributed by atoms with Gasteiger partial charge in [-0.2, -0.15) is 4.98 Å². The van der Waals surface area contributed by atoms with E-state index in [1.807, 2.05) is 19.2 Å². The Morgan fingerprint density at radius 2 is 2.00 bits per heavy atom. The SMILES string of the molecule is Cc1noc(-c2ccnc(N3CCN(C4CC5CCC4C5)CC3)c2)n1. The van der Waals surface area contributed by atoms with Crippen LogP contribution in [-0.2, 0) is 0 Å². The maximum atomic E-state index is 5.29. The molecule has 0 amide bonds. The summed E-state index contributed by atoms with van der Waals surface area (Å²) in [5.74, 6) is 4.23. The normalized spacial score (nSPS) is 29.5. The molecule has 3 atom stereocenters. The van der Waals surface area contributed by atoms with Crippen molar-refractivity contribution in [2.24, 2.45) is 11.8 Å². The first-order chi connectivity index (χ1) is 12.3. The summed E-state index contributed by atoms with van der Waals surface area (Å²) in [6.45, 7) is 6.24. The summed E-state index contributed by atoms with van der Waals surface area (Å²) in [6.07, 6.45) is 7.70. The molecule has 2 saturated carbocycles. The second kappa shape index (κ2) is 6.09. The predicted molar refractivity (Wildman–Crippen MR) is 95.3 cm³/mol. The fourth-order valence-electron chi connectivity index (χ4n) is 5.08. The predicted octanol–water partition coefficient (Wildman–Crippen LogP) is 2.75. The van der Waals surface area contributed by atoms with E-state index in [-0.39, 0.29) is 0 Å². The molecule has 6 heteroatoms. The van der Waals surface area contributed by atoms with E-state index in [0.29, 0.717) is 11.7 Å². The number of fused-ring (bicyclic) bond motifs is 2. The van der Waals surface area contributed by atoms with Gasteiger partial charge in [0.2, 0.25) is 0 Å². The average molecular weight is 339 g/mol. The largest absolute Gasteiger partial charge is 0.354 e. The summed E-state index contributed by atoms with van der Waals surface area (Å²) in [5, 5.41) is 3.88. The molecule has 2 aromatic heterocycles. The Labute approximate surface area is 148 Å². The number of hydrogen-bond acceptors (Lipinski definition) is 6. The third-order valence-corrected chi connectivity index (χ3v) is 6.33. The van der Waals surface area contributed by atoms with E-state index in [1.165, 1.54) is 25.7 Å². The van der Waals surface area contributed by atoms with Gasteiger partial charge < -0.3 is 9.42 Å². The summed E-state index contributed by atoms with van der Waals surface area (Å²) >= 11 is 0. The van der Waals surface area contributed by atoms with Crippen molar-refractivity contribution in [2.75, 3.05) is 31.1 Å². The van der Waals surface area contributed by atoms with Crippen LogP contribution in [0.5, 0.6) is 0 Å². The highest BCUT2D eigenvalue weighted by Crippen LogP contribution is 2.46. The maximum Gasteiger partial charge on any atom is 0.258 e. The van der Waals surface area contributed by atoms with Gasteiger partial charge in [-0.1, -0.05) is 11.6 Å². The smallest absolute Gasteiger partial charge is 0.258 e. The number of anilines is 1. The fraction of sp³-hybridized carbons (Fsp3) is 0.632. The summed E-state index contributed by atoms with van der Waals surface area (Å²) < 4.78 is 5.29. The molecule has 0 N–H and O–H groups in total. The minimum absolute atomic E-state index is 0.571. The highest BCUT2D eigenvalue weighted by molar-refractivity contribution is 5.58. The monoisotopic (exact) mass is 339 g/mol. The number of rotatable bonds is 3. The summed E-state index contributed by atoms with van der Waals surface area (Å²) in [7, 11) is 0. The van der Waals surface area contributed by atoms with Gasteiger partial charge in [-0.15, -0.1) is 0 Å². The number of pyridine rings is 1. The fourth-order valence-corrected chi connectivity index (χ4v) is 5.08. The molecule has 5 rings (SSSR count). The topological polar surface area (TPSA) is 58.3 Å². The van der Waals surface area contributed by atoms with Crippen molar-refractivity contribution in [3.8, 4) is 11.5 Å². The van der Waals surface area contributed by atoms with E-state index in [1.54, 1.807) is 0 Å². The first-order valence-electron chi connectivity index (χ1n) is 9.52. The van der Waals surface area contributed by atoms with Crippen molar-refractivity contribution >= 4 is 5.82 Å². The maximum absolute atomic E-state index is 5.29. The lowest BCUT2D eigenvalue weighted by molar-refractivity contribution is 0.134. The van der Waals surface area contributed by atoms with E-state index in [4.69, 9.17) is 4.52 Å². The zero-order valence-electron chi connectivity index (χ0n) is 14.8. The zero-order valence-corrected chi connectivity index (χ0v) is 14.8. The summed E-state index contributed by atoms with van der Waals surface area (Å²) in [4.78, 5) is 14.0. The van der Waals surface area contributed by atoms with Crippen LogP contribution in [0, 0.1) is 18.8 Å². The van der Waals surface area contributed by atoms with E-state index >= 15 is 0 Å². The lowest BCUT2D eigenvalue weighted by Crippen LogP contribution is -2.52. The second-order valence-electron chi connectivity index (χ2n) is 7.81. The van der Waals surface area contributed by atoms with Crippen LogP contribution >= 0.6 is 0 Å². The molecule has 1 saturated heterocycles.